The number of ether oxygens (including phenoxy) is 1. The molecule has 0 atom stereocenters. The number of rotatable bonds is 9. The molecule has 0 N–H and O–H groups in total. The fourth-order valence-electron chi connectivity index (χ4n) is 3.55. The zero-order valence-corrected chi connectivity index (χ0v) is 19.0. The number of hydrogen-bond acceptors (Lipinski definition) is 6. The third-order valence-electron chi connectivity index (χ3n) is 5.13. The van der Waals surface area contributed by atoms with E-state index in [4.69, 9.17) is 9.15 Å². The van der Waals surface area contributed by atoms with Gasteiger partial charge in [0.2, 0.25) is 0 Å². The van der Waals surface area contributed by atoms with Gasteiger partial charge in [-0.25, -0.2) is 0 Å². The van der Waals surface area contributed by atoms with E-state index in [1.807, 2.05) is 30.3 Å². The summed E-state index contributed by atoms with van der Waals surface area (Å²) in [6, 6.07) is 11.9. The third kappa shape index (κ3) is 6.27. The summed E-state index contributed by atoms with van der Waals surface area (Å²) in [6.45, 7) is 6.57. The number of hydrogen-bond donors (Lipinski definition) is 0. The van der Waals surface area contributed by atoms with E-state index in [0.29, 0.717) is 13.2 Å². The normalized spacial score (nSPS) is 14.4. The zero-order valence-electron chi connectivity index (χ0n) is 17.3. The van der Waals surface area contributed by atoms with Crippen LogP contribution in [0.3, 0.4) is 0 Å². The second-order valence-corrected chi connectivity index (χ2v) is 8.48. The monoisotopic (exact) mass is 448 g/mol. The maximum absolute atomic E-state index is 5.97. The molecular weight excluding hydrogens is 420 g/mol. The lowest BCUT2D eigenvalue weighted by Crippen LogP contribution is -2.31. The van der Waals surface area contributed by atoms with Gasteiger partial charge in [-0.05, 0) is 62.7 Å². The predicted molar refractivity (Wildman–Crippen MR) is 122 cm³/mol. The van der Waals surface area contributed by atoms with Crippen LogP contribution in [0, 0.1) is 6.92 Å². The summed E-state index contributed by atoms with van der Waals surface area (Å²) in [7, 11) is 0. The van der Waals surface area contributed by atoms with Crippen LogP contribution >= 0.6 is 24.2 Å². The molecule has 0 unspecified atom stereocenters. The lowest BCUT2D eigenvalue weighted by atomic mass is 10.1. The molecule has 0 radical (unpaired) electrons. The molecule has 0 spiro atoms. The Morgan fingerprint density at radius 3 is 2.73 bits per heavy atom. The van der Waals surface area contributed by atoms with E-state index >= 15 is 0 Å². The van der Waals surface area contributed by atoms with Gasteiger partial charge in [-0.1, -0.05) is 30.3 Å². The Labute approximate surface area is 188 Å². The molecule has 4 rings (SSSR count). The minimum atomic E-state index is 0. The Kier molecular flexibility index (Phi) is 8.66. The summed E-state index contributed by atoms with van der Waals surface area (Å²) in [5.41, 5.74) is 1.17. The first-order valence-corrected chi connectivity index (χ1v) is 11.3. The molecule has 8 heteroatoms. The van der Waals surface area contributed by atoms with Crippen molar-refractivity contribution >= 4 is 24.2 Å². The molecule has 1 fully saturated rings. The minimum Gasteiger partial charge on any atom is -0.486 e. The van der Waals surface area contributed by atoms with Crippen molar-refractivity contribution in [2.75, 3.05) is 25.4 Å². The molecular formula is C22H29ClN4O2S. The number of benzene rings is 1. The summed E-state index contributed by atoms with van der Waals surface area (Å²) in [5.74, 6) is 3.55. The Hall–Kier alpha value is -1.96. The van der Waals surface area contributed by atoms with Crippen LogP contribution in [-0.4, -0.2) is 45.1 Å². The van der Waals surface area contributed by atoms with Crippen molar-refractivity contribution in [2.24, 2.45) is 0 Å². The van der Waals surface area contributed by atoms with Gasteiger partial charge in [-0.3, -0.25) is 4.57 Å². The smallest absolute Gasteiger partial charge is 0.191 e. The lowest BCUT2D eigenvalue weighted by molar-refractivity contribution is 0.242. The van der Waals surface area contributed by atoms with Crippen molar-refractivity contribution in [3.05, 3.63) is 59.8 Å². The lowest BCUT2D eigenvalue weighted by Gasteiger charge is -2.25. The van der Waals surface area contributed by atoms with Crippen molar-refractivity contribution in [1.82, 2.24) is 19.7 Å². The van der Waals surface area contributed by atoms with Gasteiger partial charge in [-0.15, -0.1) is 22.6 Å². The number of nitrogens with zero attached hydrogens (tertiary/aromatic N) is 4. The molecule has 3 aromatic rings. The molecule has 0 saturated carbocycles. The summed E-state index contributed by atoms with van der Waals surface area (Å²) in [5, 5.41) is 9.77. The van der Waals surface area contributed by atoms with Crippen LogP contribution in [0.2, 0.25) is 0 Å². The summed E-state index contributed by atoms with van der Waals surface area (Å²) in [4.78, 5) is 2.55. The average molecular weight is 449 g/mol. The van der Waals surface area contributed by atoms with E-state index in [1.54, 1.807) is 18.0 Å². The molecule has 0 bridgehead atoms. The summed E-state index contributed by atoms with van der Waals surface area (Å²) in [6.07, 6.45) is 5.71. The Morgan fingerprint density at radius 2 is 1.97 bits per heavy atom. The van der Waals surface area contributed by atoms with Gasteiger partial charge < -0.3 is 14.1 Å². The largest absolute Gasteiger partial charge is 0.486 e. The molecule has 162 valence electrons. The van der Waals surface area contributed by atoms with E-state index in [1.165, 1.54) is 37.9 Å². The number of furan rings is 1. The van der Waals surface area contributed by atoms with Gasteiger partial charge in [0.25, 0.3) is 0 Å². The van der Waals surface area contributed by atoms with Crippen LogP contribution in [0.1, 0.15) is 36.4 Å². The molecule has 1 saturated heterocycles. The first-order valence-electron chi connectivity index (χ1n) is 10.3. The van der Waals surface area contributed by atoms with Gasteiger partial charge >= 0.3 is 0 Å². The van der Waals surface area contributed by atoms with Gasteiger partial charge in [0.15, 0.2) is 11.0 Å². The first kappa shape index (κ1) is 22.7. The second kappa shape index (κ2) is 11.4. The molecule has 0 amide bonds. The van der Waals surface area contributed by atoms with Crippen LogP contribution in [0.4, 0.5) is 0 Å². The topological polar surface area (TPSA) is 56.3 Å². The highest BCUT2D eigenvalue weighted by Crippen LogP contribution is 2.21. The molecule has 2 aromatic heterocycles. The van der Waals surface area contributed by atoms with E-state index in [9.17, 15) is 0 Å². The fraction of sp³-hybridized carbons (Fsp3) is 0.455. The molecule has 0 aliphatic carbocycles. The summed E-state index contributed by atoms with van der Waals surface area (Å²) >= 11 is 1.76. The predicted octanol–water partition coefficient (Wildman–Crippen LogP) is 4.81. The van der Waals surface area contributed by atoms with Gasteiger partial charge in [0.1, 0.15) is 18.1 Å². The van der Waals surface area contributed by atoms with Crippen molar-refractivity contribution in [2.45, 2.75) is 44.5 Å². The van der Waals surface area contributed by atoms with Gasteiger partial charge in [0.05, 0.1) is 12.8 Å². The van der Waals surface area contributed by atoms with E-state index < -0.39 is 0 Å². The highest BCUT2D eigenvalue weighted by Gasteiger charge is 2.16. The number of piperidine rings is 1. The Morgan fingerprint density at radius 1 is 1.10 bits per heavy atom. The second-order valence-electron chi connectivity index (χ2n) is 7.42. The van der Waals surface area contributed by atoms with Crippen LogP contribution in [0.5, 0.6) is 5.75 Å². The average Bonchev–Trinajstić information content (AvgIpc) is 3.38. The third-order valence-corrected chi connectivity index (χ3v) is 6.08. The molecule has 30 heavy (non-hydrogen) atoms. The van der Waals surface area contributed by atoms with Crippen LogP contribution in [-0.2, 0) is 13.2 Å². The quantitative estimate of drug-likeness (QED) is 0.438. The zero-order chi connectivity index (χ0) is 19.9. The highest BCUT2D eigenvalue weighted by molar-refractivity contribution is 7.99. The van der Waals surface area contributed by atoms with Crippen molar-refractivity contribution in [1.29, 1.82) is 0 Å². The maximum Gasteiger partial charge on any atom is 0.191 e. The van der Waals surface area contributed by atoms with Gasteiger partial charge in [-0.2, -0.15) is 0 Å². The molecule has 1 aromatic carbocycles. The van der Waals surface area contributed by atoms with Crippen LogP contribution < -0.4 is 4.74 Å². The van der Waals surface area contributed by atoms with Crippen molar-refractivity contribution < 1.29 is 9.15 Å². The molecule has 1 aliphatic heterocycles. The van der Waals surface area contributed by atoms with E-state index in [-0.39, 0.29) is 12.4 Å². The first-order chi connectivity index (χ1) is 14.3. The van der Waals surface area contributed by atoms with E-state index in [2.05, 4.69) is 32.7 Å². The number of aryl methyl sites for hydroxylation is 1. The highest BCUT2D eigenvalue weighted by atomic mass is 35.5. The molecule has 6 nitrogen and oxygen atoms in total. The maximum atomic E-state index is 5.97. The van der Waals surface area contributed by atoms with Crippen molar-refractivity contribution in [3.63, 3.8) is 0 Å². The number of likely N-dealkylation sites (tertiary alicyclic amines) is 1. The standard InChI is InChI=1S/C22H28N4O2S.ClH/c1-18-7-5-8-19(15-18)28-17-21-23-24-22(26(21)16-20-9-6-13-27-20)29-14-12-25-10-3-2-4-11-25;/h5-9,13,15H,2-4,10-12,14,16-17H2,1H3;1H. The SMILES string of the molecule is Cc1cccc(OCc2nnc(SCCN3CCCCC3)n2Cc2ccco2)c1.Cl. The van der Waals surface area contributed by atoms with Crippen molar-refractivity contribution in [3.8, 4) is 5.75 Å². The minimum absolute atomic E-state index is 0. The molecule has 1 aliphatic rings. The van der Waals surface area contributed by atoms with Crippen LogP contribution in [0.15, 0.2) is 52.2 Å². The molecule has 3 heterocycles. The Balaban J connectivity index is 0.00000256. The summed E-state index contributed by atoms with van der Waals surface area (Å²) < 4.78 is 13.6. The number of aromatic nitrogens is 3. The Bertz CT molecular complexity index is 894. The fourth-order valence-corrected chi connectivity index (χ4v) is 4.51. The number of thioether (sulfide) groups is 1. The van der Waals surface area contributed by atoms with Gasteiger partial charge in [0, 0.05) is 12.3 Å². The number of halogens is 1. The van der Waals surface area contributed by atoms with Crippen LogP contribution in [0.25, 0.3) is 0 Å². The van der Waals surface area contributed by atoms with E-state index in [0.717, 1.165) is 34.8 Å².